The van der Waals surface area contributed by atoms with Crippen LogP contribution in [0.2, 0.25) is 5.02 Å². The zero-order valence-corrected chi connectivity index (χ0v) is 14.0. The largest absolute Gasteiger partial charge is 0.507 e. The van der Waals surface area contributed by atoms with Crippen LogP contribution in [-0.2, 0) is 24.5 Å². The number of halogens is 1. The van der Waals surface area contributed by atoms with Crippen LogP contribution in [0.3, 0.4) is 0 Å². The molecule has 0 aromatic heterocycles. The summed E-state index contributed by atoms with van der Waals surface area (Å²) in [5.74, 6) is -2.13. The van der Waals surface area contributed by atoms with Crippen LogP contribution in [0.1, 0.15) is 30.9 Å². The minimum absolute atomic E-state index is 0.168. The first-order valence-corrected chi connectivity index (χ1v) is 7.98. The third kappa shape index (κ3) is 3.55. The van der Waals surface area contributed by atoms with Crippen molar-refractivity contribution in [1.82, 2.24) is 0 Å². The van der Waals surface area contributed by atoms with Crippen molar-refractivity contribution in [2.75, 3.05) is 19.8 Å². The van der Waals surface area contributed by atoms with Crippen LogP contribution < -0.4 is 0 Å². The van der Waals surface area contributed by atoms with Gasteiger partial charge in [0.25, 0.3) is 0 Å². The standard InChI is InChI=1S/C17H19ClO6/c1-2-24-14(20)10-13(19)11-4-3-5-12(18)15(11)17(16(21)22)6-8-23-9-7-17/h3-5,10,19H,2,6-9H2,1H3,(H,21,22). The fourth-order valence-corrected chi connectivity index (χ4v) is 3.24. The molecule has 0 aliphatic carbocycles. The summed E-state index contributed by atoms with van der Waals surface area (Å²) in [5.41, 5.74) is -0.775. The minimum Gasteiger partial charge on any atom is -0.507 e. The Morgan fingerprint density at radius 2 is 2.00 bits per heavy atom. The van der Waals surface area contributed by atoms with E-state index in [0.717, 1.165) is 6.08 Å². The second-order valence-electron chi connectivity index (χ2n) is 5.44. The summed E-state index contributed by atoms with van der Waals surface area (Å²) >= 11 is 6.28. The Morgan fingerprint density at radius 1 is 1.33 bits per heavy atom. The first-order chi connectivity index (χ1) is 11.4. The number of benzene rings is 1. The molecule has 130 valence electrons. The van der Waals surface area contributed by atoms with Crippen LogP contribution in [0.5, 0.6) is 0 Å². The van der Waals surface area contributed by atoms with Crippen molar-refractivity contribution in [1.29, 1.82) is 0 Å². The van der Waals surface area contributed by atoms with Gasteiger partial charge < -0.3 is 19.7 Å². The lowest BCUT2D eigenvalue weighted by Crippen LogP contribution is -2.42. The molecule has 0 radical (unpaired) electrons. The number of aliphatic hydroxyl groups is 1. The highest BCUT2D eigenvalue weighted by atomic mass is 35.5. The number of carbonyl (C=O) groups is 2. The lowest BCUT2D eigenvalue weighted by atomic mass is 9.72. The van der Waals surface area contributed by atoms with E-state index < -0.39 is 17.4 Å². The highest BCUT2D eigenvalue weighted by Crippen LogP contribution is 2.42. The molecule has 1 fully saturated rings. The van der Waals surface area contributed by atoms with Gasteiger partial charge in [-0.1, -0.05) is 23.7 Å². The monoisotopic (exact) mass is 354 g/mol. The summed E-state index contributed by atoms with van der Waals surface area (Å²) in [5, 5.41) is 20.4. The fraction of sp³-hybridized carbons (Fsp3) is 0.412. The Balaban J connectivity index is 2.58. The highest BCUT2D eigenvalue weighted by Gasteiger charge is 2.45. The molecule has 24 heavy (non-hydrogen) atoms. The van der Waals surface area contributed by atoms with E-state index in [0.29, 0.717) is 5.56 Å². The first-order valence-electron chi connectivity index (χ1n) is 7.60. The number of carboxylic acids is 1. The third-order valence-corrected chi connectivity index (χ3v) is 4.38. The number of rotatable bonds is 5. The van der Waals surface area contributed by atoms with Gasteiger partial charge in [0, 0.05) is 23.8 Å². The number of carboxylic acid groups (broad SMARTS) is 1. The third-order valence-electron chi connectivity index (χ3n) is 4.07. The average Bonchev–Trinajstić information content (AvgIpc) is 2.55. The molecule has 1 saturated heterocycles. The van der Waals surface area contributed by atoms with Crippen LogP contribution in [0.4, 0.5) is 0 Å². The number of hydrogen-bond donors (Lipinski definition) is 2. The molecule has 2 N–H and O–H groups in total. The van der Waals surface area contributed by atoms with Crippen LogP contribution >= 0.6 is 11.6 Å². The normalized spacial score (nSPS) is 17.3. The molecule has 2 rings (SSSR count). The van der Waals surface area contributed by atoms with Gasteiger partial charge >= 0.3 is 11.9 Å². The van der Waals surface area contributed by atoms with Gasteiger partial charge in [0.2, 0.25) is 0 Å². The molecule has 1 aromatic rings. The molecule has 1 aliphatic heterocycles. The zero-order valence-electron chi connectivity index (χ0n) is 13.3. The molecule has 1 aromatic carbocycles. The molecular formula is C17H19ClO6. The van der Waals surface area contributed by atoms with Gasteiger partial charge in [-0.15, -0.1) is 0 Å². The SMILES string of the molecule is CCOC(=O)C=C(O)c1cccc(Cl)c1C1(C(=O)O)CCOCC1. The van der Waals surface area contributed by atoms with Gasteiger partial charge in [-0.2, -0.15) is 0 Å². The van der Waals surface area contributed by atoms with E-state index in [9.17, 15) is 19.8 Å². The van der Waals surface area contributed by atoms with E-state index in [1.807, 2.05) is 0 Å². The van der Waals surface area contributed by atoms with E-state index in [2.05, 4.69) is 0 Å². The highest BCUT2D eigenvalue weighted by molar-refractivity contribution is 6.32. The Morgan fingerprint density at radius 3 is 2.58 bits per heavy atom. The number of esters is 1. The molecule has 0 unspecified atom stereocenters. The summed E-state index contributed by atoms with van der Waals surface area (Å²) in [6.45, 7) is 2.37. The lowest BCUT2D eigenvalue weighted by Gasteiger charge is -2.35. The number of hydrogen-bond acceptors (Lipinski definition) is 5. The van der Waals surface area contributed by atoms with Crippen molar-refractivity contribution in [2.45, 2.75) is 25.2 Å². The zero-order chi connectivity index (χ0) is 17.7. The summed E-state index contributed by atoms with van der Waals surface area (Å²) in [4.78, 5) is 23.6. The maximum Gasteiger partial charge on any atom is 0.334 e. The van der Waals surface area contributed by atoms with Crippen molar-refractivity contribution in [3.05, 3.63) is 40.4 Å². The summed E-state index contributed by atoms with van der Waals surface area (Å²) in [6, 6.07) is 4.69. The molecule has 0 amide bonds. The Kier molecular flexibility index (Phi) is 5.85. The van der Waals surface area contributed by atoms with E-state index in [1.54, 1.807) is 19.1 Å². The second kappa shape index (κ2) is 7.68. The molecular weight excluding hydrogens is 336 g/mol. The Labute approximate surface area is 144 Å². The summed E-state index contributed by atoms with van der Waals surface area (Å²) < 4.78 is 10.1. The molecule has 7 heteroatoms. The van der Waals surface area contributed by atoms with Crippen molar-refractivity contribution < 1.29 is 29.3 Å². The van der Waals surface area contributed by atoms with Crippen molar-refractivity contribution in [3.8, 4) is 0 Å². The number of aliphatic hydroxyl groups excluding tert-OH is 1. The second-order valence-corrected chi connectivity index (χ2v) is 5.85. The quantitative estimate of drug-likeness (QED) is 0.479. The summed E-state index contributed by atoms with van der Waals surface area (Å²) in [7, 11) is 0. The van der Waals surface area contributed by atoms with E-state index >= 15 is 0 Å². The van der Waals surface area contributed by atoms with Crippen molar-refractivity contribution in [2.24, 2.45) is 0 Å². The van der Waals surface area contributed by atoms with Crippen LogP contribution in [-0.4, -0.2) is 42.0 Å². The van der Waals surface area contributed by atoms with Crippen LogP contribution in [0.15, 0.2) is 24.3 Å². The Bertz CT molecular complexity index is 661. The first kappa shape index (κ1) is 18.3. The van der Waals surface area contributed by atoms with Gasteiger partial charge in [-0.05, 0) is 31.4 Å². The van der Waals surface area contributed by atoms with Gasteiger partial charge in [0.05, 0.1) is 18.1 Å². The Hall–Kier alpha value is -2.05. The van der Waals surface area contributed by atoms with Crippen molar-refractivity contribution >= 4 is 29.3 Å². The number of carbonyl (C=O) groups excluding carboxylic acids is 1. The smallest absolute Gasteiger partial charge is 0.334 e. The molecule has 0 atom stereocenters. The molecule has 0 saturated carbocycles. The van der Waals surface area contributed by atoms with Gasteiger partial charge in [0.1, 0.15) is 5.76 Å². The van der Waals surface area contributed by atoms with E-state index in [1.165, 1.54) is 6.07 Å². The van der Waals surface area contributed by atoms with E-state index in [-0.39, 0.29) is 49.0 Å². The predicted molar refractivity (Wildman–Crippen MR) is 88.1 cm³/mol. The maximum absolute atomic E-state index is 12.0. The van der Waals surface area contributed by atoms with Gasteiger partial charge in [-0.3, -0.25) is 4.79 Å². The van der Waals surface area contributed by atoms with Gasteiger partial charge in [0.15, 0.2) is 0 Å². The molecule has 1 heterocycles. The lowest BCUT2D eigenvalue weighted by molar-refractivity contribution is -0.147. The predicted octanol–water partition coefficient (Wildman–Crippen LogP) is 2.93. The molecule has 6 nitrogen and oxygen atoms in total. The molecule has 1 aliphatic rings. The molecule has 0 spiro atoms. The topological polar surface area (TPSA) is 93.1 Å². The van der Waals surface area contributed by atoms with Crippen LogP contribution in [0.25, 0.3) is 5.76 Å². The minimum atomic E-state index is -1.28. The van der Waals surface area contributed by atoms with Crippen molar-refractivity contribution in [3.63, 3.8) is 0 Å². The van der Waals surface area contributed by atoms with Crippen LogP contribution in [0, 0.1) is 0 Å². The maximum atomic E-state index is 12.0. The van der Waals surface area contributed by atoms with E-state index in [4.69, 9.17) is 21.1 Å². The number of aliphatic carboxylic acids is 1. The fourth-order valence-electron chi connectivity index (χ4n) is 2.89. The molecule has 0 bridgehead atoms. The number of ether oxygens (including phenoxy) is 2. The average molecular weight is 355 g/mol. The summed E-state index contributed by atoms with van der Waals surface area (Å²) in [6.07, 6.45) is 1.38. The van der Waals surface area contributed by atoms with Gasteiger partial charge in [-0.25, -0.2) is 4.79 Å².